The fourth-order valence-electron chi connectivity index (χ4n) is 3.24. The van der Waals surface area contributed by atoms with Crippen LogP contribution in [0.2, 0.25) is 0 Å². The fourth-order valence-corrected chi connectivity index (χ4v) is 3.24. The molecule has 8 heteroatoms. The number of rotatable bonds is 6. The second kappa shape index (κ2) is 7.61. The summed E-state index contributed by atoms with van der Waals surface area (Å²) in [6.07, 6.45) is -4.18. The third kappa shape index (κ3) is 5.09. The third-order valence-corrected chi connectivity index (χ3v) is 4.61. The molecule has 1 saturated carbocycles. The lowest BCUT2D eigenvalue weighted by molar-refractivity contribution is -0.274. The highest BCUT2D eigenvalue weighted by atomic mass is 19.4. The third-order valence-electron chi connectivity index (χ3n) is 4.61. The normalized spacial score (nSPS) is 24.0. The van der Waals surface area contributed by atoms with E-state index in [-0.39, 0.29) is 23.5 Å². The van der Waals surface area contributed by atoms with Crippen molar-refractivity contribution < 1.29 is 22.7 Å². The average Bonchev–Trinajstić information content (AvgIpc) is 3.35. The number of benzene rings is 1. The zero-order valence-corrected chi connectivity index (χ0v) is 13.8. The predicted molar refractivity (Wildman–Crippen MR) is 86.3 cm³/mol. The van der Waals surface area contributed by atoms with Crippen molar-refractivity contribution in [2.45, 2.75) is 18.7 Å². The molecule has 1 heterocycles. The van der Waals surface area contributed by atoms with Gasteiger partial charge in [0.2, 0.25) is 5.91 Å². The molecule has 0 spiro atoms. The lowest BCUT2D eigenvalue weighted by Crippen LogP contribution is -2.46. The number of ether oxygens (including phenoxy) is 1. The molecule has 2 N–H and O–H groups in total. The molecule has 1 amide bonds. The zero-order valence-electron chi connectivity index (χ0n) is 13.8. The lowest BCUT2D eigenvalue weighted by Gasteiger charge is -2.27. The van der Waals surface area contributed by atoms with Gasteiger partial charge in [-0.25, -0.2) is 0 Å². The molecule has 3 rings (SSSR count). The summed E-state index contributed by atoms with van der Waals surface area (Å²) < 4.78 is 41.6. The van der Waals surface area contributed by atoms with E-state index in [1.165, 1.54) is 12.1 Å². The van der Waals surface area contributed by atoms with E-state index in [4.69, 9.17) is 0 Å². The van der Waals surface area contributed by atoms with E-state index in [1.807, 2.05) is 0 Å². The molecule has 138 valence electrons. The Bertz CT molecular complexity index is 603. The number of nitrogens with one attached hydrogen (secondary N) is 2. The van der Waals surface area contributed by atoms with Crippen LogP contribution in [0, 0.1) is 5.92 Å². The van der Waals surface area contributed by atoms with Crippen LogP contribution < -0.4 is 15.4 Å². The van der Waals surface area contributed by atoms with E-state index in [2.05, 4.69) is 20.3 Å². The number of alkyl halides is 3. The molecule has 5 nitrogen and oxygen atoms in total. The number of hydrogen-bond acceptors (Lipinski definition) is 4. The van der Waals surface area contributed by atoms with Crippen LogP contribution in [-0.4, -0.2) is 56.4 Å². The Hall–Kier alpha value is -1.80. The first-order valence-corrected chi connectivity index (χ1v) is 8.49. The van der Waals surface area contributed by atoms with Crippen molar-refractivity contribution in [1.29, 1.82) is 0 Å². The van der Waals surface area contributed by atoms with Crippen LogP contribution in [0.1, 0.15) is 17.9 Å². The molecule has 0 aromatic heterocycles. The summed E-state index contributed by atoms with van der Waals surface area (Å²) in [5.74, 6) is -0.795. The minimum absolute atomic E-state index is 0.0954. The van der Waals surface area contributed by atoms with Crippen molar-refractivity contribution >= 4 is 5.91 Å². The van der Waals surface area contributed by atoms with E-state index in [0.717, 1.165) is 32.7 Å². The van der Waals surface area contributed by atoms with Crippen LogP contribution >= 0.6 is 0 Å². The van der Waals surface area contributed by atoms with Gasteiger partial charge >= 0.3 is 6.36 Å². The van der Waals surface area contributed by atoms with Crippen LogP contribution in [0.15, 0.2) is 24.3 Å². The number of piperazine rings is 1. The number of carbonyl (C=O) groups excluding carboxylic acids is 1. The Labute approximate surface area is 144 Å². The van der Waals surface area contributed by atoms with Crippen molar-refractivity contribution in [3.8, 4) is 5.75 Å². The van der Waals surface area contributed by atoms with Crippen LogP contribution in [0.3, 0.4) is 0 Å². The van der Waals surface area contributed by atoms with E-state index in [0.29, 0.717) is 18.5 Å². The number of amides is 1. The summed E-state index contributed by atoms with van der Waals surface area (Å²) in [6.45, 7) is 5.18. The topological polar surface area (TPSA) is 53.6 Å². The van der Waals surface area contributed by atoms with Crippen LogP contribution in [0.4, 0.5) is 13.2 Å². The Kier molecular flexibility index (Phi) is 5.48. The first-order valence-electron chi connectivity index (χ1n) is 8.49. The van der Waals surface area contributed by atoms with Gasteiger partial charge in [0.25, 0.3) is 0 Å². The van der Waals surface area contributed by atoms with Crippen molar-refractivity contribution in [2.24, 2.45) is 5.92 Å². The van der Waals surface area contributed by atoms with Gasteiger partial charge in [-0.2, -0.15) is 0 Å². The molecule has 1 saturated heterocycles. The number of hydrogen-bond donors (Lipinski definition) is 2. The Morgan fingerprint density at radius 1 is 1.28 bits per heavy atom. The maximum Gasteiger partial charge on any atom is 0.573 e. The fraction of sp³-hybridized carbons (Fsp3) is 0.588. The smallest absolute Gasteiger partial charge is 0.405 e. The molecular formula is C17H22F3N3O2. The van der Waals surface area contributed by atoms with Gasteiger partial charge in [-0.3, -0.25) is 9.69 Å². The maximum absolute atomic E-state index is 12.5. The molecule has 25 heavy (non-hydrogen) atoms. The Balaban J connectivity index is 1.49. The first-order chi connectivity index (χ1) is 11.9. The SMILES string of the molecule is O=C(NCCN1CCNCC1)C1CC1c1ccccc1OC(F)(F)F. The van der Waals surface area contributed by atoms with Crippen molar-refractivity contribution in [3.63, 3.8) is 0 Å². The predicted octanol–water partition coefficient (Wildman–Crippen LogP) is 1.71. The van der Waals surface area contributed by atoms with Crippen LogP contribution in [0.25, 0.3) is 0 Å². The molecule has 2 fully saturated rings. The van der Waals surface area contributed by atoms with Crippen molar-refractivity contribution in [1.82, 2.24) is 15.5 Å². The summed E-state index contributed by atoms with van der Waals surface area (Å²) in [5, 5.41) is 6.16. The minimum Gasteiger partial charge on any atom is -0.405 e. The number of nitrogens with zero attached hydrogens (tertiary/aromatic N) is 1. The number of carbonyl (C=O) groups is 1. The van der Waals surface area contributed by atoms with Gasteiger partial charge in [0.1, 0.15) is 5.75 Å². The standard InChI is InChI=1S/C17H22F3N3O2/c18-17(19,20)25-15-4-2-1-3-12(15)13-11-14(13)16(24)22-7-10-23-8-5-21-6-9-23/h1-4,13-14,21H,5-11H2,(H,22,24). The number of para-hydroxylation sites is 1. The number of halogens is 3. The molecule has 0 radical (unpaired) electrons. The molecule has 2 unspecified atom stereocenters. The molecule has 1 aromatic carbocycles. The largest absolute Gasteiger partial charge is 0.573 e. The highest BCUT2D eigenvalue weighted by molar-refractivity contribution is 5.83. The van der Waals surface area contributed by atoms with Gasteiger partial charge in [-0.1, -0.05) is 18.2 Å². The van der Waals surface area contributed by atoms with E-state index >= 15 is 0 Å². The van der Waals surface area contributed by atoms with Gasteiger partial charge in [0.15, 0.2) is 0 Å². The van der Waals surface area contributed by atoms with E-state index < -0.39 is 6.36 Å². The summed E-state index contributed by atoms with van der Waals surface area (Å²) in [5.41, 5.74) is 0.446. The summed E-state index contributed by atoms with van der Waals surface area (Å²) in [4.78, 5) is 14.5. The van der Waals surface area contributed by atoms with Crippen molar-refractivity contribution in [3.05, 3.63) is 29.8 Å². The molecule has 2 aliphatic rings. The molecular weight excluding hydrogens is 335 g/mol. The van der Waals surface area contributed by atoms with E-state index in [9.17, 15) is 18.0 Å². The summed E-state index contributed by atoms with van der Waals surface area (Å²) in [7, 11) is 0. The Morgan fingerprint density at radius 2 is 2.00 bits per heavy atom. The highest BCUT2D eigenvalue weighted by Gasteiger charge is 2.46. The lowest BCUT2D eigenvalue weighted by atomic mass is 10.1. The van der Waals surface area contributed by atoms with Gasteiger partial charge in [-0.05, 0) is 24.0 Å². The van der Waals surface area contributed by atoms with Crippen LogP contribution in [0.5, 0.6) is 5.75 Å². The second-order valence-electron chi connectivity index (χ2n) is 6.42. The van der Waals surface area contributed by atoms with Gasteiger partial charge in [0, 0.05) is 45.2 Å². The molecule has 0 bridgehead atoms. The quantitative estimate of drug-likeness (QED) is 0.814. The monoisotopic (exact) mass is 357 g/mol. The van der Waals surface area contributed by atoms with Gasteiger partial charge in [-0.15, -0.1) is 13.2 Å². The zero-order chi connectivity index (χ0) is 17.9. The Morgan fingerprint density at radius 3 is 2.72 bits per heavy atom. The molecule has 1 aliphatic carbocycles. The maximum atomic E-state index is 12.5. The first kappa shape index (κ1) is 18.0. The summed E-state index contributed by atoms with van der Waals surface area (Å²) in [6, 6.07) is 6.05. The minimum atomic E-state index is -4.73. The van der Waals surface area contributed by atoms with Crippen molar-refractivity contribution in [2.75, 3.05) is 39.3 Å². The van der Waals surface area contributed by atoms with E-state index in [1.54, 1.807) is 12.1 Å². The molecule has 1 aliphatic heterocycles. The average molecular weight is 357 g/mol. The van der Waals surface area contributed by atoms with Gasteiger partial charge < -0.3 is 15.4 Å². The second-order valence-corrected chi connectivity index (χ2v) is 6.42. The summed E-state index contributed by atoms with van der Waals surface area (Å²) >= 11 is 0. The molecule has 2 atom stereocenters. The molecule has 1 aromatic rings. The highest BCUT2D eigenvalue weighted by Crippen LogP contribution is 2.50. The van der Waals surface area contributed by atoms with Crippen LogP contribution in [-0.2, 0) is 4.79 Å². The van der Waals surface area contributed by atoms with Gasteiger partial charge in [0.05, 0.1) is 0 Å².